The molecular weight excluding hydrogens is 156 g/mol. The Morgan fingerprint density at radius 1 is 1.58 bits per heavy atom. The van der Waals surface area contributed by atoms with Crippen molar-refractivity contribution in [1.29, 1.82) is 0 Å². The highest BCUT2D eigenvalue weighted by molar-refractivity contribution is 5.77. The average molecular weight is 174 g/mol. The lowest BCUT2D eigenvalue weighted by atomic mass is 10.1. The smallest absolute Gasteiger partial charge is 0.233 e. The van der Waals surface area contributed by atoms with Crippen LogP contribution >= 0.6 is 0 Å². The van der Waals surface area contributed by atoms with E-state index in [1.54, 1.807) is 7.05 Å². The highest BCUT2D eigenvalue weighted by atomic mass is 16.3. The second kappa shape index (κ2) is 4.42. The van der Waals surface area contributed by atoms with E-state index >= 15 is 0 Å². The molecule has 0 aromatic carbocycles. The number of rotatable bonds is 4. The number of hydrogen-bond acceptors (Lipinski definition) is 3. The molecule has 0 aliphatic carbocycles. The van der Waals surface area contributed by atoms with Crippen LogP contribution in [0, 0.1) is 0 Å². The first-order valence-corrected chi connectivity index (χ1v) is 3.96. The molecule has 0 aliphatic heterocycles. The first-order chi connectivity index (χ1) is 5.44. The van der Waals surface area contributed by atoms with Crippen molar-refractivity contribution in [3.05, 3.63) is 0 Å². The molecule has 0 heterocycles. The summed E-state index contributed by atoms with van der Waals surface area (Å²) >= 11 is 0. The molecule has 2 N–H and O–H groups in total. The van der Waals surface area contributed by atoms with Crippen LogP contribution < -0.4 is 5.32 Å². The van der Waals surface area contributed by atoms with E-state index in [4.69, 9.17) is 5.11 Å². The van der Waals surface area contributed by atoms with Gasteiger partial charge in [0.2, 0.25) is 5.91 Å². The molecule has 0 aliphatic rings. The van der Waals surface area contributed by atoms with E-state index in [2.05, 4.69) is 5.32 Å². The summed E-state index contributed by atoms with van der Waals surface area (Å²) in [5.74, 6) is -0.0426. The molecule has 0 unspecified atom stereocenters. The SMILES string of the molecule is CNC(=O)CN(C)C(C)(C)CO. The van der Waals surface area contributed by atoms with Crippen LogP contribution in [0.1, 0.15) is 13.8 Å². The van der Waals surface area contributed by atoms with Gasteiger partial charge in [-0.3, -0.25) is 9.69 Å². The number of amides is 1. The first kappa shape index (κ1) is 11.4. The van der Waals surface area contributed by atoms with Crippen LogP contribution in [0.5, 0.6) is 0 Å². The van der Waals surface area contributed by atoms with E-state index in [-0.39, 0.29) is 18.1 Å². The number of likely N-dealkylation sites (N-methyl/N-ethyl adjacent to an activating group) is 2. The molecule has 0 saturated carbocycles. The van der Waals surface area contributed by atoms with Gasteiger partial charge in [0.15, 0.2) is 0 Å². The Morgan fingerprint density at radius 2 is 2.08 bits per heavy atom. The van der Waals surface area contributed by atoms with Crippen molar-refractivity contribution >= 4 is 5.91 Å². The molecule has 0 spiro atoms. The van der Waals surface area contributed by atoms with Gasteiger partial charge in [0.25, 0.3) is 0 Å². The van der Waals surface area contributed by atoms with Crippen molar-refractivity contribution in [3.8, 4) is 0 Å². The highest BCUT2D eigenvalue weighted by Gasteiger charge is 2.23. The zero-order valence-electron chi connectivity index (χ0n) is 8.22. The Morgan fingerprint density at radius 3 is 2.42 bits per heavy atom. The molecule has 0 aromatic rings. The summed E-state index contributed by atoms with van der Waals surface area (Å²) in [7, 11) is 3.41. The monoisotopic (exact) mass is 174 g/mol. The van der Waals surface area contributed by atoms with Gasteiger partial charge in [-0.05, 0) is 20.9 Å². The number of carbonyl (C=O) groups excluding carboxylic acids is 1. The minimum absolute atomic E-state index is 0.0422. The third kappa shape index (κ3) is 3.19. The summed E-state index contributed by atoms with van der Waals surface area (Å²) in [5, 5.41) is 11.5. The molecule has 0 radical (unpaired) electrons. The number of nitrogens with one attached hydrogen (secondary N) is 1. The van der Waals surface area contributed by atoms with Crippen LogP contribution in [0.25, 0.3) is 0 Å². The van der Waals surface area contributed by atoms with Gasteiger partial charge in [-0.1, -0.05) is 0 Å². The maximum atomic E-state index is 11.0. The van der Waals surface area contributed by atoms with E-state index in [1.807, 2.05) is 25.8 Å². The normalized spacial score (nSPS) is 11.8. The Labute approximate surface area is 73.6 Å². The Balaban J connectivity index is 4.02. The van der Waals surface area contributed by atoms with Gasteiger partial charge in [0.1, 0.15) is 0 Å². The van der Waals surface area contributed by atoms with Crippen molar-refractivity contribution in [2.75, 3.05) is 27.2 Å². The van der Waals surface area contributed by atoms with Crippen LogP contribution in [-0.4, -0.2) is 48.7 Å². The maximum Gasteiger partial charge on any atom is 0.233 e. The quantitative estimate of drug-likeness (QED) is 0.600. The summed E-state index contributed by atoms with van der Waals surface area (Å²) in [6.07, 6.45) is 0. The van der Waals surface area contributed by atoms with Crippen molar-refractivity contribution in [2.24, 2.45) is 0 Å². The fraction of sp³-hybridized carbons (Fsp3) is 0.875. The largest absolute Gasteiger partial charge is 0.394 e. The van der Waals surface area contributed by atoms with Crippen LogP contribution in [0.2, 0.25) is 0 Å². The molecule has 0 fully saturated rings. The summed E-state index contributed by atoms with van der Waals surface area (Å²) in [4.78, 5) is 12.8. The van der Waals surface area contributed by atoms with Crippen molar-refractivity contribution in [1.82, 2.24) is 10.2 Å². The lowest BCUT2D eigenvalue weighted by Gasteiger charge is -2.32. The van der Waals surface area contributed by atoms with Crippen LogP contribution in [-0.2, 0) is 4.79 Å². The van der Waals surface area contributed by atoms with Gasteiger partial charge in [0.05, 0.1) is 13.2 Å². The Hall–Kier alpha value is -0.610. The third-order valence-corrected chi connectivity index (χ3v) is 2.08. The van der Waals surface area contributed by atoms with Gasteiger partial charge in [-0.15, -0.1) is 0 Å². The predicted octanol–water partition coefficient (Wildman–Crippen LogP) is -0.565. The fourth-order valence-electron chi connectivity index (χ4n) is 0.629. The molecule has 0 saturated heterocycles. The summed E-state index contributed by atoms with van der Waals surface area (Å²) in [6.45, 7) is 4.12. The molecule has 0 atom stereocenters. The molecule has 12 heavy (non-hydrogen) atoms. The summed E-state index contributed by atoms with van der Waals surface area (Å²) < 4.78 is 0. The van der Waals surface area contributed by atoms with Gasteiger partial charge in [-0.25, -0.2) is 0 Å². The summed E-state index contributed by atoms with van der Waals surface area (Å²) in [6, 6.07) is 0. The highest BCUT2D eigenvalue weighted by Crippen LogP contribution is 2.09. The number of hydrogen-bond donors (Lipinski definition) is 2. The zero-order chi connectivity index (χ0) is 9.78. The van der Waals surface area contributed by atoms with E-state index < -0.39 is 0 Å². The number of aliphatic hydroxyl groups is 1. The second-order valence-corrected chi connectivity index (χ2v) is 3.50. The van der Waals surface area contributed by atoms with Gasteiger partial charge in [0, 0.05) is 12.6 Å². The van der Waals surface area contributed by atoms with Gasteiger partial charge in [-0.2, -0.15) is 0 Å². The standard InChI is InChI=1S/C8H18N2O2/c1-8(2,6-11)10(4)5-7(12)9-3/h11H,5-6H2,1-4H3,(H,9,12). The van der Waals surface area contributed by atoms with Gasteiger partial charge < -0.3 is 10.4 Å². The minimum atomic E-state index is -0.341. The molecule has 72 valence electrons. The molecule has 1 amide bonds. The molecule has 0 aromatic heterocycles. The van der Waals surface area contributed by atoms with Crippen molar-refractivity contribution in [2.45, 2.75) is 19.4 Å². The molecule has 0 bridgehead atoms. The lowest BCUT2D eigenvalue weighted by Crippen LogP contribution is -2.48. The van der Waals surface area contributed by atoms with E-state index in [9.17, 15) is 4.79 Å². The average Bonchev–Trinajstić information content (AvgIpc) is 2.04. The van der Waals surface area contributed by atoms with Crippen LogP contribution in [0.4, 0.5) is 0 Å². The second-order valence-electron chi connectivity index (χ2n) is 3.50. The fourth-order valence-corrected chi connectivity index (χ4v) is 0.629. The number of carbonyl (C=O) groups is 1. The predicted molar refractivity (Wildman–Crippen MR) is 47.9 cm³/mol. The number of aliphatic hydroxyl groups excluding tert-OH is 1. The summed E-state index contributed by atoms with van der Waals surface area (Å²) in [5.41, 5.74) is -0.341. The van der Waals surface area contributed by atoms with Crippen LogP contribution in [0.15, 0.2) is 0 Å². The number of nitrogens with zero attached hydrogens (tertiary/aromatic N) is 1. The topological polar surface area (TPSA) is 52.6 Å². The molecule has 4 nitrogen and oxygen atoms in total. The maximum absolute atomic E-state index is 11.0. The van der Waals surface area contributed by atoms with E-state index in [0.717, 1.165) is 0 Å². The Bertz CT molecular complexity index is 157. The molecular formula is C8H18N2O2. The van der Waals surface area contributed by atoms with Crippen LogP contribution in [0.3, 0.4) is 0 Å². The molecule has 0 rings (SSSR count). The van der Waals surface area contributed by atoms with E-state index in [0.29, 0.717) is 6.54 Å². The van der Waals surface area contributed by atoms with Crippen molar-refractivity contribution in [3.63, 3.8) is 0 Å². The molecule has 4 heteroatoms. The third-order valence-electron chi connectivity index (χ3n) is 2.08. The van der Waals surface area contributed by atoms with Crippen molar-refractivity contribution < 1.29 is 9.90 Å². The Kier molecular flexibility index (Phi) is 4.20. The minimum Gasteiger partial charge on any atom is -0.394 e. The lowest BCUT2D eigenvalue weighted by molar-refractivity contribution is -0.123. The first-order valence-electron chi connectivity index (χ1n) is 3.96. The van der Waals surface area contributed by atoms with E-state index in [1.165, 1.54) is 0 Å². The van der Waals surface area contributed by atoms with Gasteiger partial charge >= 0.3 is 0 Å². The zero-order valence-corrected chi connectivity index (χ0v) is 8.22.